The second kappa shape index (κ2) is 5.93. The minimum atomic E-state index is -4.51. The minimum Gasteiger partial charge on any atom is -0.457 e. The molecule has 0 N–H and O–H groups in total. The van der Waals surface area contributed by atoms with Gasteiger partial charge in [0, 0.05) is 0 Å². The molecule has 6 nitrogen and oxygen atoms in total. The Morgan fingerprint density at radius 2 is 1.80 bits per heavy atom. The van der Waals surface area contributed by atoms with Crippen LogP contribution in [0.1, 0.15) is 15.9 Å². The summed E-state index contributed by atoms with van der Waals surface area (Å²) in [4.78, 5) is 22.3. The van der Waals surface area contributed by atoms with Crippen LogP contribution in [0.4, 0.5) is 18.9 Å². The molecular weight excluding hydrogens is 343 g/mol. The molecule has 0 aliphatic heterocycles. The van der Waals surface area contributed by atoms with Gasteiger partial charge in [0.15, 0.2) is 6.26 Å². The number of hydrogen-bond donors (Lipinski definition) is 0. The van der Waals surface area contributed by atoms with Crippen molar-refractivity contribution in [3.63, 3.8) is 0 Å². The third kappa shape index (κ3) is 3.30. The van der Waals surface area contributed by atoms with Gasteiger partial charge in [0.1, 0.15) is 16.7 Å². The standard InChI is InChI=1S/C16H8F3NO5/c17-16(18,19)10-3-1-9(2-4-10)15(21)25-11-5-6-14-12(7-11)13(8-24-14)20(22)23/h1-8H. The van der Waals surface area contributed by atoms with Crippen molar-refractivity contribution >= 4 is 22.6 Å². The molecule has 0 unspecified atom stereocenters. The number of esters is 1. The van der Waals surface area contributed by atoms with Gasteiger partial charge in [-0.15, -0.1) is 0 Å². The molecule has 0 amide bonds. The van der Waals surface area contributed by atoms with Crippen LogP contribution in [-0.2, 0) is 6.18 Å². The SMILES string of the molecule is O=C(Oc1ccc2occ([N+](=O)[O-])c2c1)c1ccc(C(F)(F)F)cc1. The maximum atomic E-state index is 12.5. The van der Waals surface area contributed by atoms with Crippen LogP contribution in [0, 0.1) is 10.1 Å². The van der Waals surface area contributed by atoms with Gasteiger partial charge in [-0.1, -0.05) is 0 Å². The lowest BCUT2D eigenvalue weighted by atomic mass is 10.1. The van der Waals surface area contributed by atoms with Crippen molar-refractivity contribution in [1.82, 2.24) is 0 Å². The fourth-order valence-corrected chi connectivity index (χ4v) is 2.16. The molecule has 0 aliphatic rings. The number of nitrogens with zero attached hydrogens (tertiary/aromatic N) is 1. The lowest BCUT2D eigenvalue weighted by Gasteiger charge is -2.08. The van der Waals surface area contributed by atoms with Crippen molar-refractivity contribution in [2.24, 2.45) is 0 Å². The molecule has 1 heterocycles. The number of nitro groups is 1. The van der Waals surface area contributed by atoms with E-state index in [2.05, 4.69) is 0 Å². The molecule has 0 fully saturated rings. The van der Waals surface area contributed by atoms with Crippen molar-refractivity contribution in [3.8, 4) is 5.75 Å². The first kappa shape index (κ1) is 16.5. The number of carbonyl (C=O) groups is 1. The van der Waals surface area contributed by atoms with Crippen molar-refractivity contribution in [2.45, 2.75) is 6.18 Å². The number of ether oxygens (including phenoxy) is 1. The molecule has 3 rings (SSSR count). The summed E-state index contributed by atoms with van der Waals surface area (Å²) in [5, 5.41) is 11.0. The Kier molecular flexibility index (Phi) is 3.91. The van der Waals surface area contributed by atoms with Crippen LogP contribution in [0.5, 0.6) is 5.75 Å². The molecule has 25 heavy (non-hydrogen) atoms. The van der Waals surface area contributed by atoms with Gasteiger partial charge in [-0.3, -0.25) is 10.1 Å². The Balaban J connectivity index is 1.84. The first-order chi connectivity index (χ1) is 11.8. The van der Waals surface area contributed by atoms with Crippen LogP contribution < -0.4 is 4.74 Å². The molecule has 1 aromatic heterocycles. The zero-order valence-electron chi connectivity index (χ0n) is 12.2. The zero-order chi connectivity index (χ0) is 18.2. The first-order valence-corrected chi connectivity index (χ1v) is 6.81. The highest BCUT2D eigenvalue weighted by Crippen LogP contribution is 2.32. The van der Waals surface area contributed by atoms with Crippen LogP contribution in [0.25, 0.3) is 11.0 Å². The summed E-state index contributed by atoms with van der Waals surface area (Å²) in [7, 11) is 0. The highest BCUT2D eigenvalue weighted by Gasteiger charge is 2.30. The van der Waals surface area contributed by atoms with Gasteiger partial charge in [0.05, 0.1) is 16.1 Å². The van der Waals surface area contributed by atoms with E-state index >= 15 is 0 Å². The van der Waals surface area contributed by atoms with Crippen molar-refractivity contribution in [2.75, 3.05) is 0 Å². The van der Waals surface area contributed by atoms with E-state index in [9.17, 15) is 28.1 Å². The first-order valence-electron chi connectivity index (χ1n) is 6.81. The second-order valence-electron chi connectivity index (χ2n) is 5.00. The molecule has 9 heteroatoms. The topological polar surface area (TPSA) is 82.6 Å². The Hall–Kier alpha value is -3.36. The summed E-state index contributed by atoms with van der Waals surface area (Å²) < 4.78 is 47.6. The highest BCUT2D eigenvalue weighted by atomic mass is 19.4. The number of fused-ring (bicyclic) bond motifs is 1. The monoisotopic (exact) mass is 351 g/mol. The summed E-state index contributed by atoms with van der Waals surface area (Å²) >= 11 is 0. The summed E-state index contributed by atoms with van der Waals surface area (Å²) in [5.41, 5.74) is -1.03. The third-order valence-corrected chi connectivity index (χ3v) is 3.38. The molecule has 0 aliphatic carbocycles. The van der Waals surface area contributed by atoms with Gasteiger partial charge in [-0.25, -0.2) is 4.79 Å². The second-order valence-corrected chi connectivity index (χ2v) is 5.00. The summed E-state index contributed by atoms with van der Waals surface area (Å²) in [5.74, 6) is -0.888. The number of furan rings is 1. The maximum absolute atomic E-state index is 12.5. The van der Waals surface area contributed by atoms with E-state index in [1.807, 2.05) is 0 Å². The molecule has 0 bridgehead atoms. The molecule has 0 spiro atoms. The Bertz CT molecular complexity index is 960. The molecular formula is C16H8F3NO5. The Morgan fingerprint density at radius 1 is 1.12 bits per heavy atom. The van der Waals surface area contributed by atoms with Crippen LogP contribution in [0.2, 0.25) is 0 Å². The average molecular weight is 351 g/mol. The van der Waals surface area contributed by atoms with E-state index in [-0.39, 0.29) is 28.0 Å². The predicted octanol–water partition coefficient (Wildman–Crippen LogP) is 4.58. The summed E-state index contributed by atoms with van der Waals surface area (Å²) in [6.45, 7) is 0. The van der Waals surface area contributed by atoms with Crippen molar-refractivity contribution in [1.29, 1.82) is 0 Å². The van der Waals surface area contributed by atoms with Gasteiger partial charge in [0.25, 0.3) is 0 Å². The number of rotatable bonds is 3. The van der Waals surface area contributed by atoms with E-state index in [1.54, 1.807) is 0 Å². The molecule has 0 saturated carbocycles. The predicted molar refractivity (Wildman–Crippen MR) is 79.3 cm³/mol. The number of halogens is 3. The summed E-state index contributed by atoms with van der Waals surface area (Å²) in [6.07, 6.45) is -3.54. The lowest BCUT2D eigenvalue weighted by molar-refractivity contribution is -0.383. The maximum Gasteiger partial charge on any atom is 0.416 e. The van der Waals surface area contributed by atoms with E-state index in [0.717, 1.165) is 30.5 Å². The Labute approximate surface area is 137 Å². The largest absolute Gasteiger partial charge is 0.457 e. The fourth-order valence-electron chi connectivity index (χ4n) is 2.16. The van der Waals surface area contributed by atoms with Crippen molar-refractivity contribution < 1.29 is 32.0 Å². The van der Waals surface area contributed by atoms with Crippen molar-refractivity contribution in [3.05, 3.63) is 70.0 Å². The van der Waals surface area contributed by atoms with Gasteiger partial charge >= 0.3 is 17.8 Å². The van der Waals surface area contributed by atoms with Gasteiger partial charge in [0.2, 0.25) is 0 Å². The molecule has 0 radical (unpaired) electrons. The number of alkyl halides is 3. The lowest BCUT2D eigenvalue weighted by Crippen LogP contribution is -2.10. The van der Waals surface area contributed by atoms with Gasteiger partial charge in [-0.05, 0) is 42.5 Å². The number of carbonyl (C=O) groups excluding carboxylic acids is 1. The smallest absolute Gasteiger partial charge is 0.416 e. The van der Waals surface area contributed by atoms with E-state index in [1.165, 1.54) is 18.2 Å². The third-order valence-electron chi connectivity index (χ3n) is 3.38. The van der Waals surface area contributed by atoms with E-state index < -0.39 is 22.6 Å². The number of hydrogen-bond acceptors (Lipinski definition) is 5. The highest BCUT2D eigenvalue weighted by molar-refractivity contribution is 5.93. The molecule has 2 aromatic carbocycles. The minimum absolute atomic E-state index is 0.00176. The average Bonchev–Trinajstić information content (AvgIpc) is 2.97. The normalized spacial score (nSPS) is 11.5. The van der Waals surface area contributed by atoms with Crippen LogP contribution >= 0.6 is 0 Å². The van der Waals surface area contributed by atoms with Gasteiger partial charge < -0.3 is 9.15 Å². The summed E-state index contributed by atoms with van der Waals surface area (Å²) in [6, 6.07) is 7.50. The molecule has 0 atom stereocenters. The molecule has 128 valence electrons. The molecule has 0 saturated heterocycles. The van der Waals surface area contributed by atoms with Crippen LogP contribution in [0.15, 0.2) is 53.1 Å². The van der Waals surface area contributed by atoms with Crippen LogP contribution in [-0.4, -0.2) is 10.9 Å². The number of benzene rings is 2. The van der Waals surface area contributed by atoms with Gasteiger partial charge in [-0.2, -0.15) is 13.2 Å². The Morgan fingerprint density at radius 3 is 2.40 bits per heavy atom. The molecule has 3 aromatic rings. The zero-order valence-corrected chi connectivity index (χ0v) is 12.2. The van der Waals surface area contributed by atoms with E-state index in [4.69, 9.17) is 9.15 Å². The van der Waals surface area contributed by atoms with E-state index in [0.29, 0.717) is 0 Å². The fraction of sp³-hybridized carbons (Fsp3) is 0.0625. The quantitative estimate of drug-likeness (QED) is 0.299. The van der Waals surface area contributed by atoms with Crippen LogP contribution in [0.3, 0.4) is 0 Å².